The van der Waals surface area contributed by atoms with E-state index in [0.29, 0.717) is 13.1 Å². The van der Waals surface area contributed by atoms with E-state index in [2.05, 4.69) is 5.32 Å². The van der Waals surface area contributed by atoms with Gasteiger partial charge in [-0.05, 0) is 26.4 Å². The summed E-state index contributed by atoms with van der Waals surface area (Å²) in [5.41, 5.74) is 5.19. The van der Waals surface area contributed by atoms with Crippen molar-refractivity contribution in [3.05, 3.63) is 0 Å². The molecule has 0 saturated carbocycles. The van der Waals surface area contributed by atoms with Crippen molar-refractivity contribution in [1.82, 2.24) is 5.32 Å². The lowest BCUT2D eigenvalue weighted by Gasteiger charge is -2.14. The van der Waals surface area contributed by atoms with Crippen LogP contribution in [0.15, 0.2) is 0 Å². The third kappa shape index (κ3) is 5.35. The molecule has 1 atom stereocenters. The lowest BCUT2D eigenvalue weighted by molar-refractivity contribution is 0.350. The number of rotatable bonds is 5. The van der Waals surface area contributed by atoms with E-state index in [1.807, 2.05) is 0 Å². The van der Waals surface area contributed by atoms with Gasteiger partial charge < -0.3 is 20.8 Å². The van der Waals surface area contributed by atoms with E-state index >= 15 is 0 Å². The molecule has 0 aliphatic heterocycles. The summed E-state index contributed by atoms with van der Waals surface area (Å²) in [6.45, 7) is 2.53. The lowest BCUT2D eigenvalue weighted by Crippen LogP contribution is -2.28. The first-order valence-electron chi connectivity index (χ1n) is 3.47. The van der Waals surface area contributed by atoms with Gasteiger partial charge in [-0.25, -0.2) is 0 Å². The normalized spacial score (nSPS) is 14.9. The molecule has 0 aromatic carbocycles. The topological polar surface area (TPSA) is 95.6 Å². The van der Waals surface area contributed by atoms with Crippen LogP contribution in [0.5, 0.6) is 0 Å². The van der Waals surface area contributed by atoms with Crippen LogP contribution in [0.2, 0.25) is 0 Å². The van der Waals surface area contributed by atoms with Crippen molar-refractivity contribution in [2.24, 2.45) is 5.73 Å². The first-order chi connectivity index (χ1) is 4.98. The van der Waals surface area contributed by atoms with Crippen LogP contribution >= 0.6 is 7.60 Å². The molecule has 11 heavy (non-hydrogen) atoms. The Kier molecular flexibility index (Phi) is 4.88. The Morgan fingerprint density at radius 1 is 1.64 bits per heavy atom. The number of nitrogens with one attached hydrogen (secondary N) is 1. The summed E-state index contributed by atoms with van der Waals surface area (Å²) >= 11 is 0. The Labute approximate surface area is 66.1 Å². The lowest BCUT2D eigenvalue weighted by atomic mass is 10.4. The highest BCUT2D eigenvalue weighted by Gasteiger charge is 2.22. The minimum Gasteiger partial charge on any atom is -0.330 e. The summed E-state index contributed by atoms with van der Waals surface area (Å²) in [6, 6.07) is 0. The summed E-state index contributed by atoms with van der Waals surface area (Å²) in [5.74, 6) is -0.769. The van der Waals surface area contributed by atoms with Crippen LogP contribution in [0.1, 0.15) is 13.3 Å². The second kappa shape index (κ2) is 4.85. The van der Waals surface area contributed by atoms with Crippen LogP contribution in [0.4, 0.5) is 0 Å². The van der Waals surface area contributed by atoms with Crippen LogP contribution in [0, 0.1) is 0 Å². The van der Waals surface area contributed by atoms with Crippen molar-refractivity contribution >= 4 is 7.60 Å². The number of nitrogens with two attached hydrogens (primary N) is 1. The molecule has 0 radical (unpaired) electrons. The Balaban J connectivity index is 3.53. The highest BCUT2D eigenvalue weighted by atomic mass is 31.2. The van der Waals surface area contributed by atoms with E-state index in [4.69, 9.17) is 15.5 Å². The molecule has 0 fully saturated rings. The van der Waals surface area contributed by atoms with Crippen molar-refractivity contribution in [1.29, 1.82) is 0 Å². The van der Waals surface area contributed by atoms with Gasteiger partial charge in [0.1, 0.15) is 5.78 Å². The molecule has 5 nitrogen and oxygen atoms in total. The zero-order chi connectivity index (χ0) is 8.91. The maximum Gasteiger partial charge on any atom is 0.342 e. The average molecular weight is 182 g/mol. The third-order valence-corrected chi connectivity index (χ3v) is 2.52. The van der Waals surface area contributed by atoms with Gasteiger partial charge in [-0.1, -0.05) is 0 Å². The summed E-state index contributed by atoms with van der Waals surface area (Å²) in [5, 5.41) is 2.68. The Morgan fingerprint density at radius 3 is 2.55 bits per heavy atom. The van der Waals surface area contributed by atoms with Crippen LogP contribution in [-0.2, 0) is 4.57 Å². The van der Waals surface area contributed by atoms with Crippen LogP contribution in [-0.4, -0.2) is 28.7 Å². The van der Waals surface area contributed by atoms with Gasteiger partial charge in [0.15, 0.2) is 0 Å². The third-order valence-electron chi connectivity index (χ3n) is 1.33. The molecule has 0 spiro atoms. The van der Waals surface area contributed by atoms with Gasteiger partial charge in [0.2, 0.25) is 0 Å². The molecule has 0 amide bonds. The van der Waals surface area contributed by atoms with Gasteiger partial charge in [-0.2, -0.15) is 0 Å². The fourth-order valence-electron chi connectivity index (χ4n) is 0.532. The molecule has 0 aromatic heterocycles. The molecule has 0 aromatic rings. The fraction of sp³-hybridized carbons (Fsp3) is 1.00. The second-order valence-corrected chi connectivity index (χ2v) is 4.31. The maximum atomic E-state index is 10.5. The molecule has 0 saturated heterocycles. The quantitative estimate of drug-likeness (QED) is 0.338. The van der Waals surface area contributed by atoms with Gasteiger partial charge in [0, 0.05) is 0 Å². The predicted molar refractivity (Wildman–Crippen MR) is 43.2 cm³/mol. The number of hydrogen-bond acceptors (Lipinski definition) is 3. The van der Waals surface area contributed by atoms with Crippen molar-refractivity contribution in [3.8, 4) is 0 Å². The van der Waals surface area contributed by atoms with E-state index in [9.17, 15) is 4.57 Å². The van der Waals surface area contributed by atoms with Gasteiger partial charge in [0.25, 0.3) is 0 Å². The maximum absolute atomic E-state index is 10.5. The average Bonchev–Trinajstić information content (AvgIpc) is 1.86. The molecule has 0 heterocycles. The predicted octanol–water partition coefficient (Wildman–Crippen LogP) is -0.551. The number of hydrogen-bond donors (Lipinski definition) is 4. The van der Waals surface area contributed by atoms with E-state index in [1.165, 1.54) is 6.92 Å². The molecular weight excluding hydrogens is 167 g/mol. The molecule has 0 rings (SSSR count). The molecule has 0 bridgehead atoms. The summed E-state index contributed by atoms with van der Waals surface area (Å²) in [4.78, 5) is 17.2. The first-order valence-corrected chi connectivity index (χ1v) is 5.15. The monoisotopic (exact) mass is 182 g/mol. The largest absolute Gasteiger partial charge is 0.342 e. The fourth-order valence-corrected chi connectivity index (χ4v) is 0.899. The zero-order valence-corrected chi connectivity index (χ0v) is 7.42. The summed E-state index contributed by atoms with van der Waals surface area (Å²) in [6.07, 6.45) is 0.727. The smallest absolute Gasteiger partial charge is 0.330 e. The van der Waals surface area contributed by atoms with Crippen molar-refractivity contribution < 1.29 is 14.4 Å². The van der Waals surface area contributed by atoms with E-state index in [0.717, 1.165) is 6.42 Å². The first kappa shape index (κ1) is 11.1. The standard InChI is InChI=1S/C5H15N2O3P/c1-5(11(8,9)10)7-4-2-3-6/h5,7H,2-4,6H2,1H3,(H2,8,9,10). The Bertz CT molecular complexity index is 147. The van der Waals surface area contributed by atoms with Crippen LogP contribution in [0.25, 0.3) is 0 Å². The van der Waals surface area contributed by atoms with E-state index < -0.39 is 13.4 Å². The molecule has 5 N–H and O–H groups in total. The van der Waals surface area contributed by atoms with Crippen LogP contribution < -0.4 is 11.1 Å². The van der Waals surface area contributed by atoms with Gasteiger partial charge in [0.05, 0.1) is 0 Å². The van der Waals surface area contributed by atoms with E-state index in [-0.39, 0.29) is 0 Å². The molecule has 0 aliphatic rings. The molecule has 0 aliphatic carbocycles. The SMILES string of the molecule is CC(NCCCN)P(=O)(O)O. The molecule has 1 unspecified atom stereocenters. The van der Waals surface area contributed by atoms with E-state index in [1.54, 1.807) is 0 Å². The zero-order valence-electron chi connectivity index (χ0n) is 6.53. The highest BCUT2D eigenvalue weighted by Crippen LogP contribution is 2.38. The van der Waals surface area contributed by atoms with Gasteiger partial charge >= 0.3 is 7.60 Å². The molecular formula is C5H15N2O3P. The minimum absolute atomic E-state index is 0.529. The highest BCUT2D eigenvalue weighted by molar-refractivity contribution is 7.52. The van der Waals surface area contributed by atoms with Crippen molar-refractivity contribution in [2.45, 2.75) is 19.1 Å². The molecule has 6 heteroatoms. The van der Waals surface area contributed by atoms with Crippen molar-refractivity contribution in [2.75, 3.05) is 13.1 Å². The van der Waals surface area contributed by atoms with Crippen LogP contribution in [0.3, 0.4) is 0 Å². The minimum atomic E-state index is -3.95. The second-order valence-electron chi connectivity index (χ2n) is 2.36. The molecule has 68 valence electrons. The van der Waals surface area contributed by atoms with Crippen molar-refractivity contribution in [3.63, 3.8) is 0 Å². The Morgan fingerprint density at radius 2 is 2.18 bits per heavy atom. The summed E-state index contributed by atoms with van der Waals surface area (Å²) in [7, 11) is -3.95. The summed E-state index contributed by atoms with van der Waals surface area (Å²) < 4.78 is 10.5. The Hall–Kier alpha value is 0.0700. The van der Waals surface area contributed by atoms with Gasteiger partial charge in [-0.3, -0.25) is 4.57 Å². The van der Waals surface area contributed by atoms with Gasteiger partial charge in [-0.15, -0.1) is 0 Å².